The predicted octanol–water partition coefficient (Wildman–Crippen LogP) is 1.16. The number of hydrogen-bond donors (Lipinski definition) is 1. The Hall–Kier alpha value is -0.610. The molecular weight excluding hydrogens is 226 g/mol. The first-order valence-electron chi connectivity index (χ1n) is 7.29. The van der Waals surface area contributed by atoms with Gasteiger partial charge in [-0.25, -0.2) is 0 Å². The maximum atomic E-state index is 12.2. The van der Waals surface area contributed by atoms with Gasteiger partial charge in [0, 0.05) is 38.6 Å². The van der Waals surface area contributed by atoms with Crippen LogP contribution in [0.5, 0.6) is 0 Å². The Kier molecular flexibility index (Phi) is 6.65. The van der Waals surface area contributed by atoms with Crippen molar-refractivity contribution in [3.05, 3.63) is 0 Å². The Morgan fingerprint density at radius 1 is 1.22 bits per heavy atom. The SMILES string of the molecule is CCCC(C)C(=O)N1CCN(CC(C)CN)CC1. The van der Waals surface area contributed by atoms with Crippen LogP contribution in [0, 0.1) is 11.8 Å². The van der Waals surface area contributed by atoms with E-state index < -0.39 is 0 Å². The molecule has 0 radical (unpaired) electrons. The number of nitrogens with two attached hydrogens (primary N) is 1. The largest absolute Gasteiger partial charge is 0.340 e. The molecule has 1 amide bonds. The van der Waals surface area contributed by atoms with Crippen molar-refractivity contribution in [1.29, 1.82) is 0 Å². The molecule has 1 aliphatic rings. The maximum absolute atomic E-state index is 12.2. The second-order valence-corrected chi connectivity index (χ2v) is 5.66. The van der Waals surface area contributed by atoms with Crippen LogP contribution in [-0.4, -0.2) is 55.0 Å². The second-order valence-electron chi connectivity index (χ2n) is 5.66. The Morgan fingerprint density at radius 2 is 1.83 bits per heavy atom. The molecule has 0 spiro atoms. The van der Waals surface area contributed by atoms with Crippen LogP contribution in [0.3, 0.4) is 0 Å². The summed E-state index contributed by atoms with van der Waals surface area (Å²) in [4.78, 5) is 16.6. The Labute approximate surface area is 111 Å². The Balaban J connectivity index is 2.32. The van der Waals surface area contributed by atoms with Crippen LogP contribution < -0.4 is 5.73 Å². The van der Waals surface area contributed by atoms with E-state index in [-0.39, 0.29) is 5.92 Å². The number of carbonyl (C=O) groups is 1. The van der Waals surface area contributed by atoms with E-state index in [2.05, 4.69) is 25.7 Å². The van der Waals surface area contributed by atoms with Gasteiger partial charge in [-0.05, 0) is 18.9 Å². The highest BCUT2D eigenvalue weighted by Gasteiger charge is 2.24. The van der Waals surface area contributed by atoms with Gasteiger partial charge in [-0.2, -0.15) is 0 Å². The van der Waals surface area contributed by atoms with E-state index in [0.717, 1.165) is 52.1 Å². The molecule has 1 saturated heterocycles. The van der Waals surface area contributed by atoms with E-state index in [4.69, 9.17) is 5.73 Å². The van der Waals surface area contributed by atoms with Crippen molar-refractivity contribution in [3.8, 4) is 0 Å². The highest BCUT2D eigenvalue weighted by Crippen LogP contribution is 2.12. The monoisotopic (exact) mass is 255 g/mol. The molecule has 2 unspecified atom stereocenters. The molecule has 1 heterocycles. The molecule has 18 heavy (non-hydrogen) atoms. The summed E-state index contributed by atoms with van der Waals surface area (Å²) in [6.45, 7) is 11.9. The molecule has 1 aliphatic heterocycles. The van der Waals surface area contributed by atoms with Crippen molar-refractivity contribution in [2.24, 2.45) is 17.6 Å². The third kappa shape index (κ3) is 4.58. The van der Waals surface area contributed by atoms with Crippen LogP contribution in [0.25, 0.3) is 0 Å². The van der Waals surface area contributed by atoms with Crippen LogP contribution in [-0.2, 0) is 4.79 Å². The van der Waals surface area contributed by atoms with Gasteiger partial charge in [-0.1, -0.05) is 27.2 Å². The van der Waals surface area contributed by atoms with Crippen LogP contribution in [0.2, 0.25) is 0 Å². The summed E-state index contributed by atoms with van der Waals surface area (Å²) in [6.07, 6.45) is 2.09. The van der Waals surface area contributed by atoms with Crippen LogP contribution >= 0.6 is 0 Å². The average Bonchev–Trinajstić information content (AvgIpc) is 2.39. The van der Waals surface area contributed by atoms with Crippen molar-refractivity contribution in [2.45, 2.75) is 33.6 Å². The van der Waals surface area contributed by atoms with Crippen LogP contribution in [0.1, 0.15) is 33.6 Å². The molecule has 0 aromatic carbocycles. The zero-order valence-corrected chi connectivity index (χ0v) is 12.2. The van der Waals surface area contributed by atoms with Gasteiger partial charge in [-0.15, -0.1) is 0 Å². The van der Waals surface area contributed by atoms with Gasteiger partial charge in [0.2, 0.25) is 5.91 Å². The third-order valence-corrected chi connectivity index (χ3v) is 3.80. The molecule has 1 rings (SSSR count). The number of rotatable bonds is 6. The standard InChI is InChI=1S/C14H29N3O/c1-4-5-13(3)14(18)17-8-6-16(7-9-17)11-12(2)10-15/h12-13H,4-11,15H2,1-3H3. The van der Waals surface area contributed by atoms with Crippen molar-refractivity contribution < 1.29 is 4.79 Å². The van der Waals surface area contributed by atoms with E-state index in [1.54, 1.807) is 0 Å². The van der Waals surface area contributed by atoms with Gasteiger partial charge < -0.3 is 10.6 Å². The van der Waals surface area contributed by atoms with E-state index in [0.29, 0.717) is 11.8 Å². The molecular formula is C14H29N3O. The summed E-state index contributed by atoms with van der Waals surface area (Å²) in [7, 11) is 0. The lowest BCUT2D eigenvalue weighted by Crippen LogP contribution is -2.51. The minimum absolute atomic E-state index is 0.185. The summed E-state index contributed by atoms with van der Waals surface area (Å²) in [5.41, 5.74) is 5.65. The average molecular weight is 255 g/mol. The minimum Gasteiger partial charge on any atom is -0.340 e. The van der Waals surface area contributed by atoms with E-state index in [1.807, 2.05) is 4.90 Å². The van der Waals surface area contributed by atoms with Crippen molar-refractivity contribution in [3.63, 3.8) is 0 Å². The minimum atomic E-state index is 0.185. The zero-order chi connectivity index (χ0) is 13.5. The Morgan fingerprint density at radius 3 is 2.33 bits per heavy atom. The lowest BCUT2D eigenvalue weighted by Gasteiger charge is -2.37. The van der Waals surface area contributed by atoms with Gasteiger partial charge in [0.25, 0.3) is 0 Å². The summed E-state index contributed by atoms with van der Waals surface area (Å²) in [5, 5.41) is 0. The second kappa shape index (κ2) is 7.74. The molecule has 4 heteroatoms. The van der Waals surface area contributed by atoms with E-state index in [9.17, 15) is 4.79 Å². The fourth-order valence-corrected chi connectivity index (χ4v) is 2.53. The molecule has 106 valence electrons. The third-order valence-electron chi connectivity index (χ3n) is 3.80. The number of hydrogen-bond acceptors (Lipinski definition) is 3. The highest BCUT2D eigenvalue weighted by atomic mass is 16.2. The smallest absolute Gasteiger partial charge is 0.225 e. The molecule has 0 aromatic rings. The number of carbonyl (C=O) groups excluding carboxylic acids is 1. The van der Waals surface area contributed by atoms with Gasteiger partial charge in [0.05, 0.1) is 0 Å². The zero-order valence-electron chi connectivity index (χ0n) is 12.2. The van der Waals surface area contributed by atoms with Gasteiger partial charge in [0.1, 0.15) is 0 Å². The van der Waals surface area contributed by atoms with Crippen LogP contribution in [0.4, 0.5) is 0 Å². The number of piperazine rings is 1. The van der Waals surface area contributed by atoms with Crippen molar-refractivity contribution in [2.75, 3.05) is 39.3 Å². The number of nitrogens with zero attached hydrogens (tertiary/aromatic N) is 2. The summed E-state index contributed by atoms with van der Waals surface area (Å²) in [5.74, 6) is 1.07. The maximum Gasteiger partial charge on any atom is 0.225 e. The predicted molar refractivity (Wildman–Crippen MR) is 75.3 cm³/mol. The molecule has 0 saturated carbocycles. The molecule has 2 atom stereocenters. The van der Waals surface area contributed by atoms with E-state index >= 15 is 0 Å². The Bertz CT molecular complexity index is 249. The van der Waals surface area contributed by atoms with Crippen LogP contribution in [0.15, 0.2) is 0 Å². The normalized spacial score (nSPS) is 20.8. The fourth-order valence-electron chi connectivity index (χ4n) is 2.53. The molecule has 1 fully saturated rings. The lowest BCUT2D eigenvalue weighted by atomic mass is 10.0. The summed E-state index contributed by atoms with van der Waals surface area (Å²) < 4.78 is 0. The topological polar surface area (TPSA) is 49.6 Å². The molecule has 0 aromatic heterocycles. The molecule has 4 nitrogen and oxygen atoms in total. The van der Waals surface area contributed by atoms with E-state index in [1.165, 1.54) is 0 Å². The number of amides is 1. The van der Waals surface area contributed by atoms with Gasteiger partial charge in [-0.3, -0.25) is 9.69 Å². The van der Waals surface area contributed by atoms with Gasteiger partial charge >= 0.3 is 0 Å². The molecule has 0 bridgehead atoms. The quantitative estimate of drug-likeness (QED) is 0.775. The summed E-state index contributed by atoms with van der Waals surface area (Å²) >= 11 is 0. The van der Waals surface area contributed by atoms with Crippen molar-refractivity contribution >= 4 is 5.91 Å². The molecule has 0 aliphatic carbocycles. The lowest BCUT2D eigenvalue weighted by molar-refractivity contribution is -0.137. The first-order valence-corrected chi connectivity index (χ1v) is 7.29. The van der Waals surface area contributed by atoms with Gasteiger partial charge in [0.15, 0.2) is 0 Å². The first-order chi connectivity index (χ1) is 8.58. The van der Waals surface area contributed by atoms with Crippen molar-refractivity contribution in [1.82, 2.24) is 9.80 Å². The first kappa shape index (κ1) is 15.4. The fraction of sp³-hybridized carbons (Fsp3) is 0.929. The summed E-state index contributed by atoms with van der Waals surface area (Å²) in [6, 6.07) is 0. The molecule has 2 N–H and O–H groups in total. The highest BCUT2D eigenvalue weighted by molar-refractivity contribution is 5.78.